The number of carbonyl (C=O) groups excluding carboxylic acids is 1. The minimum atomic E-state index is -0.980. The zero-order chi connectivity index (χ0) is 15.1. The quantitative estimate of drug-likeness (QED) is 0.798. The molecule has 0 aromatic heterocycles. The van der Waals surface area contributed by atoms with Gasteiger partial charge in [-0.25, -0.2) is 8.78 Å². The van der Waals surface area contributed by atoms with E-state index in [4.69, 9.17) is 5.73 Å². The van der Waals surface area contributed by atoms with Crippen LogP contribution in [0.5, 0.6) is 0 Å². The Morgan fingerprint density at radius 1 is 1.30 bits per heavy atom. The number of piperazine rings is 1. The molecule has 20 heavy (non-hydrogen) atoms. The number of likely N-dealkylation sites (N-methyl/N-ethyl adjacent to an activating group) is 1. The van der Waals surface area contributed by atoms with Crippen LogP contribution in [0.3, 0.4) is 0 Å². The van der Waals surface area contributed by atoms with Gasteiger partial charge in [0.25, 0.3) is 5.91 Å². The number of anilines is 1. The van der Waals surface area contributed by atoms with Crippen LogP contribution < -0.4 is 5.73 Å². The molecule has 1 heterocycles. The highest BCUT2D eigenvalue weighted by Gasteiger charge is 2.35. The molecule has 0 atom stereocenters. The average molecular weight is 283 g/mol. The zero-order valence-electron chi connectivity index (χ0n) is 11.9. The van der Waals surface area contributed by atoms with E-state index < -0.39 is 23.1 Å². The number of nitrogens with two attached hydrogens (primary N) is 1. The van der Waals surface area contributed by atoms with E-state index in [0.717, 1.165) is 12.1 Å². The molecule has 110 valence electrons. The second kappa shape index (κ2) is 5.01. The summed E-state index contributed by atoms with van der Waals surface area (Å²) in [6.45, 7) is 5.48. The lowest BCUT2D eigenvalue weighted by molar-refractivity contribution is 0.0305. The van der Waals surface area contributed by atoms with Crippen LogP contribution in [0.25, 0.3) is 0 Å². The number of benzene rings is 1. The van der Waals surface area contributed by atoms with Crippen LogP contribution in [0.1, 0.15) is 24.2 Å². The number of carbonyl (C=O) groups is 1. The molecule has 1 amide bonds. The number of amides is 1. The number of hydrogen-bond donors (Lipinski definition) is 1. The minimum Gasteiger partial charge on any atom is -0.396 e. The lowest BCUT2D eigenvalue weighted by atomic mass is 9.99. The molecule has 2 rings (SSSR count). The van der Waals surface area contributed by atoms with E-state index in [1.165, 1.54) is 4.90 Å². The fraction of sp³-hybridized carbons (Fsp3) is 0.500. The lowest BCUT2D eigenvalue weighted by Crippen LogP contribution is -2.59. The highest BCUT2D eigenvalue weighted by molar-refractivity contribution is 5.95. The molecule has 0 saturated carbocycles. The summed E-state index contributed by atoms with van der Waals surface area (Å²) in [6, 6.07) is 2.14. The molecule has 0 aliphatic carbocycles. The first-order valence-electron chi connectivity index (χ1n) is 6.48. The van der Waals surface area contributed by atoms with Crippen molar-refractivity contribution < 1.29 is 13.6 Å². The first-order valence-corrected chi connectivity index (χ1v) is 6.48. The summed E-state index contributed by atoms with van der Waals surface area (Å²) in [7, 11) is 1.96. The molecule has 1 aliphatic heterocycles. The average Bonchev–Trinajstić information content (AvgIpc) is 2.37. The van der Waals surface area contributed by atoms with Gasteiger partial charge >= 0.3 is 0 Å². The molecule has 0 unspecified atom stereocenters. The van der Waals surface area contributed by atoms with Crippen LogP contribution in [-0.2, 0) is 0 Å². The predicted octanol–water partition coefficient (Wildman–Crippen LogP) is 1.71. The van der Waals surface area contributed by atoms with Crippen molar-refractivity contribution in [3.63, 3.8) is 0 Å². The monoisotopic (exact) mass is 283 g/mol. The number of nitrogen functional groups attached to an aromatic ring is 1. The Morgan fingerprint density at radius 2 is 1.95 bits per heavy atom. The predicted molar refractivity (Wildman–Crippen MR) is 73.4 cm³/mol. The van der Waals surface area contributed by atoms with Gasteiger partial charge in [-0.1, -0.05) is 0 Å². The second-order valence-electron chi connectivity index (χ2n) is 5.79. The second-order valence-corrected chi connectivity index (χ2v) is 5.79. The van der Waals surface area contributed by atoms with Crippen molar-refractivity contribution >= 4 is 11.6 Å². The summed E-state index contributed by atoms with van der Waals surface area (Å²) < 4.78 is 27.7. The molecule has 1 saturated heterocycles. The normalized spacial score (nSPS) is 19.1. The summed E-state index contributed by atoms with van der Waals surface area (Å²) in [6.07, 6.45) is 0. The van der Waals surface area contributed by atoms with Gasteiger partial charge in [0.1, 0.15) is 11.4 Å². The largest absolute Gasteiger partial charge is 0.396 e. The zero-order valence-corrected chi connectivity index (χ0v) is 11.9. The Labute approximate surface area is 117 Å². The maximum atomic E-state index is 13.9. The third-order valence-electron chi connectivity index (χ3n) is 3.94. The molecule has 6 heteroatoms. The minimum absolute atomic E-state index is 0.219. The van der Waals surface area contributed by atoms with Crippen molar-refractivity contribution in [2.24, 2.45) is 0 Å². The molecule has 1 aliphatic rings. The third kappa shape index (κ3) is 2.47. The topological polar surface area (TPSA) is 49.6 Å². The summed E-state index contributed by atoms with van der Waals surface area (Å²) in [4.78, 5) is 15.9. The maximum absolute atomic E-state index is 13.9. The van der Waals surface area contributed by atoms with Crippen LogP contribution in [0.4, 0.5) is 14.5 Å². The third-order valence-corrected chi connectivity index (χ3v) is 3.94. The summed E-state index contributed by atoms with van der Waals surface area (Å²) in [5.74, 6) is -2.50. The van der Waals surface area contributed by atoms with Gasteiger partial charge in [-0.05, 0) is 33.0 Å². The van der Waals surface area contributed by atoms with Gasteiger partial charge < -0.3 is 10.6 Å². The molecule has 0 radical (unpaired) electrons. The highest BCUT2D eigenvalue weighted by Crippen LogP contribution is 2.24. The number of hydrogen-bond acceptors (Lipinski definition) is 3. The number of nitrogens with zero attached hydrogens (tertiary/aromatic N) is 2. The maximum Gasteiger partial charge on any atom is 0.260 e. The molecule has 2 N–H and O–H groups in total. The van der Waals surface area contributed by atoms with Crippen LogP contribution in [-0.4, -0.2) is 47.9 Å². The summed E-state index contributed by atoms with van der Waals surface area (Å²) in [5, 5.41) is 0. The van der Waals surface area contributed by atoms with Crippen molar-refractivity contribution in [3.8, 4) is 0 Å². The molecule has 1 fully saturated rings. The van der Waals surface area contributed by atoms with Gasteiger partial charge in [0, 0.05) is 25.2 Å². The van der Waals surface area contributed by atoms with E-state index in [1.807, 2.05) is 20.9 Å². The van der Waals surface area contributed by atoms with Gasteiger partial charge in [0.2, 0.25) is 0 Å². The molecule has 1 aromatic carbocycles. The Balaban J connectivity index is 2.31. The Kier molecular flexibility index (Phi) is 3.69. The lowest BCUT2D eigenvalue weighted by Gasteiger charge is -2.45. The van der Waals surface area contributed by atoms with Gasteiger partial charge in [0.05, 0.1) is 5.69 Å². The van der Waals surface area contributed by atoms with Gasteiger partial charge in [0.15, 0.2) is 5.82 Å². The smallest absolute Gasteiger partial charge is 0.260 e. The summed E-state index contributed by atoms with van der Waals surface area (Å²) in [5.41, 5.74) is 4.39. The van der Waals surface area contributed by atoms with Crippen molar-refractivity contribution in [1.82, 2.24) is 9.80 Å². The Hall–Kier alpha value is -1.69. The van der Waals surface area contributed by atoms with Gasteiger partial charge in [-0.2, -0.15) is 0 Å². The van der Waals surface area contributed by atoms with Gasteiger partial charge in [-0.15, -0.1) is 0 Å². The van der Waals surface area contributed by atoms with Crippen molar-refractivity contribution in [2.45, 2.75) is 19.4 Å². The fourth-order valence-corrected chi connectivity index (χ4v) is 2.34. The van der Waals surface area contributed by atoms with E-state index in [0.29, 0.717) is 19.6 Å². The van der Waals surface area contributed by atoms with Crippen molar-refractivity contribution in [2.75, 3.05) is 32.4 Å². The number of rotatable bonds is 1. The first kappa shape index (κ1) is 14.7. The van der Waals surface area contributed by atoms with Crippen LogP contribution in [0.2, 0.25) is 0 Å². The Morgan fingerprint density at radius 3 is 2.55 bits per heavy atom. The highest BCUT2D eigenvalue weighted by atomic mass is 19.1. The van der Waals surface area contributed by atoms with Crippen molar-refractivity contribution in [3.05, 3.63) is 29.3 Å². The van der Waals surface area contributed by atoms with Crippen LogP contribution in [0, 0.1) is 11.6 Å². The molecular formula is C14H19F2N3O. The first-order chi connectivity index (χ1) is 9.24. The molecular weight excluding hydrogens is 264 g/mol. The molecule has 0 spiro atoms. The van der Waals surface area contributed by atoms with E-state index in [9.17, 15) is 13.6 Å². The number of halogens is 2. The van der Waals surface area contributed by atoms with Crippen molar-refractivity contribution in [1.29, 1.82) is 0 Å². The summed E-state index contributed by atoms with van der Waals surface area (Å²) >= 11 is 0. The molecule has 4 nitrogen and oxygen atoms in total. The molecule has 1 aromatic rings. The fourth-order valence-electron chi connectivity index (χ4n) is 2.34. The van der Waals surface area contributed by atoms with E-state index in [2.05, 4.69) is 4.90 Å². The standard InChI is InChI=1S/C14H19F2N3O/c1-14(2)8-19(7-6-18(14)3)13(20)11-9(15)4-5-10(17)12(11)16/h4-5H,6-8,17H2,1-3H3. The Bertz CT molecular complexity index is 545. The van der Waals surface area contributed by atoms with E-state index >= 15 is 0 Å². The SMILES string of the molecule is CN1CCN(C(=O)c2c(F)ccc(N)c2F)CC1(C)C. The van der Waals surface area contributed by atoms with Gasteiger partial charge in [-0.3, -0.25) is 9.69 Å². The van der Waals surface area contributed by atoms with Crippen LogP contribution >= 0.6 is 0 Å². The molecule has 0 bridgehead atoms. The van der Waals surface area contributed by atoms with E-state index in [1.54, 1.807) is 0 Å². The van der Waals surface area contributed by atoms with E-state index in [-0.39, 0.29) is 11.2 Å². The van der Waals surface area contributed by atoms with Crippen LogP contribution in [0.15, 0.2) is 12.1 Å².